The number of benzene rings is 1. The van der Waals surface area contributed by atoms with Crippen LogP contribution in [0.25, 0.3) is 0 Å². The highest BCUT2D eigenvalue weighted by Gasteiger charge is 2.05. The van der Waals surface area contributed by atoms with Gasteiger partial charge in [-0.25, -0.2) is 13.2 Å². The minimum atomic E-state index is -3.17. The second kappa shape index (κ2) is 7.86. The summed E-state index contributed by atoms with van der Waals surface area (Å²) in [6.45, 7) is 2.87. The molecule has 0 aliphatic heterocycles. The molecular formula is C13H19NO5S. The Morgan fingerprint density at radius 2 is 1.90 bits per heavy atom. The molecule has 0 fully saturated rings. The van der Waals surface area contributed by atoms with Gasteiger partial charge in [-0.05, 0) is 31.2 Å². The summed E-state index contributed by atoms with van der Waals surface area (Å²) in [4.78, 5) is 11.3. The van der Waals surface area contributed by atoms with E-state index in [4.69, 9.17) is 9.47 Å². The molecule has 6 nitrogen and oxygen atoms in total. The van der Waals surface area contributed by atoms with E-state index in [-0.39, 0.29) is 17.5 Å². The van der Waals surface area contributed by atoms with Gasteiger partial charge in [-0.3, -0.25) is 0 Å². The molecule has 7 heteroatoms. The number of esters is 1. The summed E-state index contributed by atoms with van der Waals surface area (Å²) in [7, 11) is -3.17. The van der Waals surface area contributed by atoms with Crippen molar-refractivity contribution < 1.29 is 22.7 Å². The Kier molecular flexibility index (Phi) is 6.47. The summed E-state index contributed by atoms with van der Waals surface area (Å²) in [6.07, 6.45) is 1.17. The largest absolute Gasteiger partial charge is 0.464 e. The van der Waals surface area contributed by atoms with Crippen molar-refractivity contribution in [1.29, 1.82) is 0 Å². The van der Waals surface area contributed by atoms with Crippen LogP contribution in [0.4, 0.5) is 5.69 Å². The molecule has 1 N–H and O–H groups in total. The third kappa shape index (κ3) is 6.03. The lowest BCUT2D eigenvalue weighted by Crippen LogP contribution is -2.16. The van der Waals surface area contributed by atoms with Crippen LogP contribution >= 0.6 is 0 Å². The highest BCUT2D eigenvalue weighted by molar-refractivity contribution is 7.90. The van der Waals surface area contributed by atoms with Crippen molar-refractivity contribution in [3.05, 3.63) is 24.3 Å². The van der Waals surface area contributed by atoms with Gasteiger partial charge >= 0.3 is 5.97 Å². The van der Waals surface area contributed by atoms with Crippen molar-refractivity contribution in [1.82, 2.24) is 0 Å². The van der Waals surface area contributed by atoms with Crippen LogP contribution in [0.2, 0.25) is 0 Å². The van der Waals surface area contributed by atoms with Gasteiger partial charge in [0.15, 0.2) is 9.84 Å². The van der Waals surface area contributed by atoms with Crippen LogP contribution in [0.1, 0.15) is 6.92 Å². The predicted molar refractivity (Wildman–Crippen MR) is 75.5 cm³/mol. The van der Waals surface area contributed by atoms with E-state index in [1.165, 1.54) is 18.4 Å². The highest BCUT2D eigenvalue weighted by Crippen LogP contribution is 2.13. The maximum Gasteiger partial charge on any atom is 0.332 e. The molecule has 0 aromatic heterocycles. The van der Waals surface area contributed by atoms with Crippen molar-refractivity contribution in [3.63, 3.8) is 0 Å². The smallest absolute Gasteiger partial charge is 0.332 e. The Morgan fingerprint density at radius 3 is 2.45 bits per heavy atom. The fraction of sp³-hybridized carbons (Fsp3) is 0.462. The van der Waals surface area contributed by atoms with E-state index in [9.17, 15) is 13.2 Å². The fourth-order valence-corrected chi connectivity index (χ4v) is 2.08. The average Bonchev–Trinajstić information content (AvgIpc) is 2.38. The second-order valence-electron chi connectivity index (χ2n) is 4.08. The first-order valence-electron chi connectivity index (χ1n) is 6.21. The lowest BCUT2D eigenvalue weighted by Gasteiger charge is -2.07. The summed E-state index contributed by atoms with van der Waals surface area (Å²) in [6, 6.07) is 6.44. The number of hydrogen-bond acceptors (Lipinski definition) is 6. The first-order chi connectivity index (χ1) is 9.43. The van der Waals surface area contributed by atoms with E-state index < -0.39 is 9.84 Å². The number of nitrogens with one attached hydrogen (secondary N) is 1. The Balaban J connectivity index is 2.28. The zero-order chi connectivity index (χ0) is 15.0. The summed E-state index contributed by atoms with van der Waals surface area (Å²) < 4.78 is 32.4. The molecule has 112 valence electrons. The maximum absolute atomic E-state index is 11.3. The SMILES string of the molecule is CCOC(=O)COCCNc1ccc(S(C)(=O)=O)cc1. The van der Waals surface area contributed by atoms with Crippen LogP contribution < -0.4 is 5.32 Å². The van der Waals surface area contributed by atoms with Crippen molar-refractivity contribution in [2.75, 3.05) is 37.9 Å². The molecule has 0 amide bonds. The molecule has 0 saturated heterocycles. The van der Waals surface area contributed by atoms with Crippen LogP contribution in [-0.2, 0) is 24.1 Å². The minimum Gasteiger partial charge on any atom is -0.464 e. The van der Waals surface area contributed by atoms with E-state index in [2.05, 4.69) is 5.32 Å². The van der Waals surface area contributed by atoms with Gasteiger partial charge in [-0.2, -0.15) is 0 Å². The number of rotatable bonds is 8. The van der Waals surface area contributed by atoms with Crippen LogP contribution in [-0.4, -0.2) is 47.0 Å². The molecule has 0 saturated carbocycles. The third-order valence-corrected chi connectivity index (χ3v) is 3.51. The molecule has 0 radical (unpaired) electrons. The van der Waals surface area contributed by atoms with Crippen molar-refractivity contribution in [2.24, 2.45) is 0 Å². The molecule has 0 atom stereocenters. The molecule has 0 bridgehead atoms. The van der Waals surface area contributed by atoms with Crippen LogP contribution in [0, 0.1) is 0 Å². The number of hydrogen-bond donors (Lipinski definition) is 1. The fourth-order valence-electron chi connectivity index (χ4n) is 1.45. The number of carbonyl (C=O) groups excluding carboxylic acids is 1. The Morgan fingerprint density at radius 1 is 1.25 bits per heavy atom. The Hall–Kier alpha value is -1.60. The average molecular weight is 301 g/mol. The lowest BCUT2D eigenvalue weighted by molar-refractivity contribution is -0.148. The number of ether oxygens (including phenoxy) is 2. The van der Waals surface area contributed by atoms with Gasteiger partial charge in [0.05, 0.1) is 18.1 Å². The zero-order valence-corrected chi connectivity index (χ0v) is 12.4. The molecular weight excluding hydrogens is 282 g/mol. The zero-order valence-electron chi connectivity index (χ0n) is 11.6. The molecule has 0 aliphatic carbocycles. The van der Waals surface area contributed by atoms with Gasteiger partial charge in [0.1, 0.15) is 6.61 Å². The van der Waals surface area contributed by atoms with Crippen molar-refractivity contribution >= 4 is 21.5 Å². The summed E-state index contributed by atoms with van der Waals surface area (Å²) in [5, 5.41) is 3.06. The Bertz CT molecular complexity index is 524. The summed E-state index contributed by atoms with van der Waals surface area (Å²) in [5.74, 6) is -0.384. The molecule has 1 rings (SSSR count). The molecule has 1 aromatic carbocycles. The summed E-state index contributed by atoms with van der Waals surface area (Å²) >= 11 is 0. The quantitative estimate of drug-likeness (QED) is 0.571. The molecule has 0 unspecified atom stereocenters. The van der Waals surface area contributed by atoms with Crippen molar-refractivity contribution in [3.8, 4) is 0 Å². The minimum absolute atomic E-state index is 0.0669. The first-order valence-corrected chi connectivity index (χ1v) is 8.10. The van der Waals surface area contributed by atoms with Crippen LogP contribution in [0.3, 0.4) is 0 Å². The summed E-state index contributed by atoms with van der Waals surface area (Å²) in [5.41, 5.74) is 0.789. The van der Waals surface area contributed by atoms with E-state index in [1.807, 2.05) is 0 Å². The predicted octanol–water partition coefficient (Wildman–Crippen LogP) is 1.08. The van der Waals surface area contributed by atoms with Gasteiger partial charge in [0.2, 0.25) is 0 Å². The van der Waals surface area contributed by atoms with Gasteiger partial charge in [-0.1, -0.05) is 0 Å². The van der Waals surface area contributed by atoms with Gasteiger partial charge in [-0.15, -0.1) is 0 Å². The number of sulfone groups is 1. The van der Waals surface area contributed by atoms with E-state index in [0.29, 0.717) is 19.8 Å². The van der Waals surface area contributed by atoms with Gasteiger partial charge in [0, 0.05) is 18.5 Å². The van der Waals surface area contributed by atoms with E-state index >= 15 is 0 Å². The lowest BCUT2D eigenvalue weighted by atomic mass is 10.3. The molecule has 0 spiro atoms. The number of anilines is 1. The maximum atomic E-state index is 11.3. The van der Waals surface area contributed by atoms with E-state index in [0.717, 1.165) is 5.69 Å². The van der Waals surface area contributed by atoms with Crippen LogP contribution in [0.15, 0.2) is 29.2 Å². The second-order valence-corrected chi connectivity index (χ2v) is 6.10. The molecule has 20 heavy (non-hydrogen) atoms. The first kappa shape index (κ1) is 16.5. The topological polar surface area (TPSA) is 81.7 Å². The third-order valence-electron chi connectivity index (χ3n) is 2.38. The van der Waals surface area contributed by atoms with Crippen molar-refractivity contribution in [2.45, 2.75) is 11.8 Å². The molecule has 0 heterocycles. The molecule has 1 aromatic rings. The number of carbonyl (C=O) groups is 1. The Labute approximate surface area is 119 Å². The monoisotopic (exact) mass is 301 g/mol. The van der Waals surface area contributed by atoms with E-state index in [1.54, 1.807) is 19.1 Å². The van der Waals surface area contributed by atoms with Gasteiger partial charge < -0.3 is 14.8 Å². The standard InChI is InChI=1S/C13H19NO5S/c1-3-19-13(15)10-18-9-8-14-11-4-6-12(7-5-11)20(2,16)17/h4-7,14H,3,8-10H2,1-2H3. The van der Waals surface area contributed by atoms with Gasteiger partial charge in [0.25, 0.3) is 0 Å². The van der Waals surface area contributed by atoms with Crippen LogP contribution in [0.5, 0.6) is 0 Å². The normalized spacial score (nSPS) is 11.1. The highest BCUT2D eigenvalue weighted by atomic mass is 32.2. The molecule has 0 aliphatic rings.